The lowest BCUT2D eigenvalue weighted by Crippen LogP contribution is -2.38. The summed E-state index contributed by atoms with van der Waals surface area (Å²) in [5.74, 6) is -1.01. The van der Waals surface area contributed by atoms with E-state index in [1.165, 1.54) is 12.1 Å². The van der Waals surface area contributed by atoms with Crippen molar-refractivity contribution >= 4 is 5.69 Å². The molecule has 0 bridgehead atoms. The molecule has 3 rings (SSSR count). The third-order valence-corrected chi connectivity index (χ3v) is 3.48. The molecule has 0 atom stereocenters. The van der Waals surface area contributed by atoms with E-state index in [4.69, 9.17) is 4.74 Å². The predicted molar refractivity (Wildman–Crippen MR) is 56.5 cm³/mol. The van der Waals surface area contributed by atoms with Crippen molar-refractivity contribution in [2.45, 2.75) is 18.4 Å². The van der Waals surface area contributed by atoms with E-state index in [1.54, 1.807) is 0 Å². The van der Waals surface area contributed by atoms with E-state index in [0.717, 1.165) is 38.6 Å². The van der Waals surface area contributed by atoms with Crippen molar-refractivity contribution in [2.75, 3.05) is 24.6 Å². The van der Waals surface area contributed by atoms with Crippen LogP contribution in [0.4, 0.5) is 14.5 Å². The first-order chi connectivity index (χ1) is 7.69. The molecule has 0 saturated carbocycles. The van der Waals surface area contributed by atoms with Crippen LogP contribution in [0.15, 0.2) is 18.2 Å². The fraction of sp³-hybridized carbons (Fsp3) is 0.500. The standard InChI is InChI=1S/C12H13F2NO/c13-9-1-2-11(10(14)7-9)15-5-3-12(4-6-15)8-16-12/h1-2,7H,3-6,8H2. The van der Waals surface area contributed by atoms with Crippen LogP contribution in [0.1, 0.15) is 12.8 Å². The number of ether oxygens (including phenoxy) is 1. The van der Waals surface area contributed by atoms with E-state index in [-0.39, 0.29) is 5.60 Å². The number of hydrogen-bond acceptors (Lipinski definition) is 2. The van der Waals surface area contributed by atoms with Crippen molar-refractivity contribution in [3.8, 4) is 0 Å². The van der Waals surface area contributed by atoms with Crippen LogP contribution in [0.25, 0.3) is 0 Å². The molecule has 0 N–H and O–H groups in total. The van der Waals surface area contributed by atoms with Gasteiger partial charge in [0, 0.05) is 19.2 Å². The van der Waals surface area contributed by atoms with Crippen molar-refractivity contribution in [3.63, 3.8) is 0 Å². The molecule has 1 aromatic rings. The molecule has 2 fully saturated rings. The molecular weight excluding hydrogens is 212 g/mol. The highest BCUT2D eigenvalue weighted by atomic mass is 19.1. The molecule has 0 radical (unpaired) electrons. The van der Waals surface area contributed by atoms with Crippen molar-refractivity contribution in [1.29, 1.82) is 0 Å². The molecule has 2 aliphatic heterocycles. The van der Waals surface area contributed by atoms with Gasteiger partial charge in [0.05, 0.1) is 17.9 Å². The Morgan fingerprint density at radius 2 is 1.88 bits per heavy atom. The summed E-state index contributed by atoms with van der Waals surface area (Å²) in [7, 11) is 0. The highest BCUT2D eigenvalue weighted by molar-refractivity contribution is 5.48. The molecule has 0 aromatic heterocycles. The van der Waals surface area contributed by atoms with E-state index in [0.29, 0.717) is 5.69 Å². The highest BCUT2D eigenvalue weighted by Crippen LogP contribution is 2.39. The first kappa shape index (κ1) is 10.0. The Balaban J connectivity index is 1.77. The Hall–Kier alpha value is -1.16. The molecule has 1 spiro atoms. The van der Waals surface area contributed by atoms with Gasteiger partial charge in [0.2, 0.25) is 0 Å². The maximum Gasteiger partial charge on any atom is 0.149 e. The Labute approximate surface area is 92.8 Å². The molecule has 0 unspecified atom stereocenters. The summed E-state index contributed by atoms with van der Waals surface area (Å²) in [5.41, 5.74) is 0.587. The van der Waals surface area contributed by atoms with Crippen LogP contribution in [0.5, 0.6) is 0 Å². The van der Waals surface area contributed by atoms with Crippen LogP contribution in [-0.4, -0.2) is 25.3 Å². The molecule has 16 heavy (non-hydrogen) atoms. The average molecular weight is 225 g/mol. The fourth-order valence-electron chi connectivity index (χ4n) is 2.28. The zero-order valence-corrected chi connectivity index (χ0v) is 8.88. The predicted octanol–water partition coefficient (Wildman–Crippen LogP) is 2.33. The number of anilines is 1. The van der Waals surface area contributed by atoms with E-state index >= 15 is 0 Å². The van der Waals surface area contributed by atoms with Gasteiger partial charge in [-0.05, 0) is 25.0 Å². The molecule has 2 nitrogen and oxygen atoms in total. The van der Waals surface area contributed by atoms with E-state index in [9.17, 15) is 8.78 Å². The molecule has 2 saturated heterocycles. The second kappa shape index (κ2) is 3.42. The van der Waals surface area contributed by atoms with Gasteiger partial charge in [-0.3, -0.25) is 0 Å². The smallest absolute Gasteiger partial charge is 0.149 e. The van der Waals surface area contributed by atoms with Crippen LogP contribution in [0.3, 0.4) is 0 Å². The first-order valence-electron chi connectivity index (χ1n) is 5.53. The second-order valence-corrected chi connectivity index (χ2v) is 4.55. The summed E-state index contributed by atoms with van der Waals surface area (Å²) in [6.45, 7) is 2.40. The van der Waals surface area contributed by atoms with Gasteiger partial charge in [-0.25, -0.2) is 8.78 Å². The van der Waals surface area contributed by atoms with Crippen molar-refractivity contribution < 1.29 is 13.5 Å². The van der Waals surface area contributed by atoms with Gasteiger partial charge in [0.25, 0.3) is 0 Å². The minimum absolute atomic E-state index is 0.0903. The molecule has 1 aromatic carbocycles. The molecular formula is C12H13F2NO. The second-order valence-electron chi connectivity index (χ2n) is 4.55. The molecule has 4 heteroatoms. The highest BCUT2D eigenvalue weighted by Gasteiger charge is 2.46. The minimum atomic E-state index is -0.528. The Bertz CT molecular complexity index is 407. The van der Waals surface area contributed by atoms with Gasteiger partial charge in [-0.15, -0.1) is 0 Å². The van der Waals surface area contributed by atoms with Crippen molar-refractivity contribution in [2.24, 2.45) is 0 Å². The lowest BCUT2D eigenvalue weighted by atomic mass is 9.97. The summed E-state index contributed by atoms with van der Waals surface area (Å²) in [4.78, 5) is 1.96. The van der Waals surface area contributed by atoms with Gasteiger partial charge in [0.15, 0.2) is 0 Å². The summed E-state index contributed by atoms with van der Waals surface area (Å²) in [6, 6.07) is 3.75. The fourth-order valence-corrected chi connectivity index (χ4v) is 2.28. The summed E-state index contributed by atoms with van der Waals surface area (Å²) in [5, 5.41) is 0. The van der Waals surface area contributed by atoms with E-state index in [2.05, 4.69) is 0 Å². The Morgan fingerprint density at radius 1 is 1.19 bits per heavy atom. The van der Waals surface area contributed by atoms with Gasteiger partial charge >= 0.3 is 0 Å². The topological polar surface area (TPSA) is 15.8 Å². The van der Waals surface area contributed by atoms with Crippen LogP contribution in [0, 0.1) is 11.6 Å². The van der Waals surface area contributed by atoms with Crippen LogP contribution >= 0.6 is 0 Å². The quantitative estimate of drug-likeness (QED) is 0.682. The Kier molecular flexibility index (Phi) is 2.14. The van der Waals surface area contributed by atoms with Gasteiger partial charge in [-0.1, -0.05) is 0 Å². The Morgan fingerprint density at radius 3 is 2.44 bits per heavy atom. The number of rotatable bonds is 1. The number of benzene rings is 1. The maximum absolute atomic E-state index is 13.5. The third kappa shape index (κ3) is 1.67. The number of halogens is 2. The number of piperidine rings is 1. The van der Waals surface area contributed by atoms with Crippen molar-refractivity contribution in [3.05, 3.63) is 29.8 Å². The summed E-state index contributed by atoms with van der Waals surface area (Å²) in [6.07, 6.45) is 1.87. The molecule has 0 aliphatic carbocycles. The zero-order valence-electron chi connectivity index (χ0n) is 8.88. The van der Waals surface area contributed by atoms with E-state index in [1.807, 2.05) is 4.90 Å². The molecule has 86 valence electrons. The van der Waals surface area contributed by atoms with E-state index < -0.39 is 11.6 Å². The lowest BCUT2D eigenvalue weighted by molar-refractivity contribution is 0.258. The molecule has 2 heterocycles. The monoisotopic (exact) mass is 225 g/mol. The van der Waals surface area contributed by atoms with Gasteiger partial charge in [-0.2, -0.15) is 0 Å². The molecule has 0 amide bonds. The minimum Gasteiger partial charge on any atom is -0.369 e. The average Bonchev–Trinajstić information content (AvgIpc) is 3.00. The lowest BCUT2D eigenvalue weighted by Gasteiger charge is -2.32. The van der Waals surface area contributed by atoms with Gasteiger partial charge < -0.3 is 9.64 Å². The normalized spacial score (nSPS) is 22.5. The summed E-state index contributed by atoms with van der Waals surface area (Å²) < 4.78 is 31.7. The number of hydrogen-bond donors (Lipinski definition) is 0. The van der Waals surface area contributed by atoms with Crippen LogP contribution < -0.4 is 4.90 Å². The maximum atomic E-state index is 13.5. The third-order valence-electron chi connectivity index (χ3n) is 3.48. The van der Waals surface area contributed by atoms with Crippen molar-refractivity contribution in [1.82, 2.24) is 0 Å². The number of epoxide rings is 1. The van der Waals surface area contributed by atoms with Crippen LogP contribution in [-0.2, 0) is 4.74 Å². The molecule has 2 aliphatic rings. The van der Waals surface area contributed by atoms with Crippen LogP contribution in [0.2, 0.25) is 0 Å². The van der Waals surface area contributed by atoms with Gasteiger partial charge in [0.1, 0.15) is 11.6 Å². The largest absolute Gasteiger partial charge is 0.369 e. The zero-order chi connectivity index (χ0) is 11.2. The summed E-state index contributed by atoms with van der Waals surface area (Å²) >= 11 is 0. The number of nitrogens with zero attached hydrogens (tertiary/aromatic N) is 1. The first-order valence-corrected chi connectivity index (χ1v) is 5.53. The SMILES string of the molecule is Fc1ccc(N2CCC3(CC2)CO3)c(F)c1.